The number of hydrogen-bond donors (Lipinski definition) is 3. The van der Waals surface area contributed by atoms with Gasteiger partial charge in [-0.25, -0.2) is 9.59 Å². The van der Waals surface area contributed by atoms with Crippen LogP contribution in [0.1, 0.15) is 26.3 Å². The number of benzene rings is 1. The van der Waals surface area contributed by atoms with Crippen LogP contribution in [0.2, 0.25) is 0 Å². The van der Waals surface area contributed by atoms with Crippen molar-refractivity contribution < 1.29 is 19.8 Å². The average molecular weight is 324 g/mol. The highest BCUT2D eigenvalue weighted by Gasteiger charge is 2.21. The summed E-state index contributed by atoms with van der Waals surface area (Å²) in [6.45, 7) is 1.66. The standard InChI is InChI=1S/C13H10BrNO4/c1-6-4-7(12(16)17)11(8(5-6)13(18)19)9-2-3-10(14)15-9/h2-5,15H,1H3,(H,16,17)(H,18,19). The van der Waals surface area contributed by atoms with E-state index in [4.69, 9.17) is 0 Å². The third-order valence-electron chi connectivity index (χ3n) is 2.66. The van der Waals surface area contributed by atoms with Gasteiger partial charge in [-0.3, -0.25) is 0 Å². The van der Waals surface area contributed by atoms with E-state index >= 15 is 0 Å². The molecule has 1 heterocycles. The Hall–Kier alpha value is -2.08. The van der Waals surface area contributed by atoms with Gasteiger partial charge in [-0.1, -0.05) is 0 Å². The van der Waals surface area contributed by atoms with Gasteiger partial charge >= 0.3 is 11.9 Å². The zero-order valence-corrected chi connectivity index (χ0v) is 11.5. The minimum absolute atomic E-state index is 0.0354. The molecule has 2 aromatic rings. The van der Waals surface area contributed by atoms with Crippen molar-refractivity contribution in [2.45, 2.75) is 6.92 Å². The molecule has 0 amide bonds. The van der Waals surface area contributed by atoms with Gasteiger partial charge in [0.1, 0.15) is 0 Å². The Labute approximate surface area is 117 Å². The normalized spacial score (nSPS) is 10.4. The Morgan fingerprint density at radius 2 is 1.63 bits per heavy atom. The van der Waals surface area contributed by atoms with E-state index in [0.29, 0.717) is 15.9 Å². The van der Waals surface area contributed by atoms with E-state index < -0.39 is 11.9 Å². The molecule has 0 aliphatic heterocycles. The molecular formula is C13H10BrNO4. The van der Waals surface area contributed by atoms with Crippen molar-refractivity contribution in [2.24, 2.45) is 0 Å². The van der Waals surface area contributed by atoms with Crippen molar-refractivity contribution in [3.63, 3.8) is 0 Å². The van der Waals surface area contributed by atoms with Crippen molar-refractivity contribution in [3.8, 4) is 11.3 Å². The van der Waals surface area contributed by atoms with Gasteiger partial charge in [0.15, 0.2) is 0 Å². The molecule has 1 aromatic carbocycles. The lowest BCUT2D eigenvalue weighted by molar-refractivity contribution is 0.0696. The van der Waals surface area contributed by atoms with E-state index in [0.717, 1.165) is 0 Å². The maximum absolute atomic E-state index is 11.3. The van der Waals surface area contributed by atoms with Crippen molar-refractivity contribution in [2.75, 3.05) is 0 Å². The van der Waals surface area contributed by atoms with Crippen LogP contribution < -0.4 is 0 Å². The first-order valence-electron chi connectivity index (χ1n) is 5.36. The lowest BCUT2D eigenvalue weighted by atomic mass is 9.95. The minimum atomic E-state index is -1.16. The molecule has 0 bridgehead atoms. The largest absolute Gasteiger partial charge is 0.478 e. The first-order chi connectivity index (χ1) is 8.90. The molecule has 0 spiro atoms. The number of aromatic nitrogens is 1. The number of aromatic amines is 1. The number of aromatic carboxylic acids is 2. The lowest BCUT2D eigenvalue weighted by Crippen LogP contribution is -2.08. The van der Waals surface area contributed by atoms with Gasteiger partial charge < -0.3 is 15.2 Å². The second-order valence-electron chi connectivity index (χ2n) is 4.07. The fourth-order valence-electron chi connectivity index (χ4n) is 1.93. The summed E-state index contributed by atoms with van der Waals surface area (Å²) in [7, 11) is 0. The highest BCUT2D eigenvalue weighted by atomic mass is 79.9. The van der Waals surface area contributed by atoms with E-state index in [-0.39, 0.29) is 16.7 Å². The van der Waals surface area contributed by atoms with E-state index in [2.05, 4.69) is 20.9 Å². The maximum atomic E-state index is 11.3. The molecule has 3 N–H and O–H groups in total. The summed E-state index contributed by atoms with van der Waals surface area (Å²) in [6.07, 6.45) is 0. The van der Waals surface area contributed by atoms with Crippen molar-refractivity contribution in [1.29, 1.82) is 0 Å². The topological polar surface area (TPSA) is 90.4 Å². The van der Waals surface area contributed by atoms with Crippen LogP contribution in [0.4, 0.5) is 0 Å². The smallest absolute Gasteiger partial charge is 0.336 e. The predicted octanol–water partition coefficient (Wildman–Crippen LogP) is 3.15. The molecule has 2 rings (SSSR count). The number of aryl methyl sites for hydroxylation is 1. The summed E-state index contributed by atoms with van der Waals surface area (Å²) in [4.78, 5) is 25.5. The van der Waals surface area contributed by atoms with Crippen molar-refractivity contribution >= 4 is 27.9 Å². The zero-order chi connectivity index (χ0) is 14.2. The molecule has 98 valence electrons. The van der Waals surface area contributed by atoms with E-state index in [1.807, 2.05) is 0 Å². The van der Waals surface area contributed by atoms with Gasteiger partial charge in [0, 0.05) is 11.3 Å². The van der Waals surface area contributed by atoms with Crippen LogP contribution in [0.5, 0.6) is 0 Å². The van der Waals surface area contributed by atoms with E-state index in [9.17, 15) is 19.8 Å². The molecule has 5 nitrogen and oxygen atoms in total. The lowest BCUT2D eigenvalue weighted by Gasteiger charge is -2.10. The van der Waals surface area contributed by atoms with Gasteiger partial charge in [0.05, 0.1) is 15.7 Å². The quantitative estimate of drug-likeness (QED) is 0.809. The Morgan fingerprint density at radius 1 is 1.11 bits per heavy atom. The molecule has 6 heteroatoms. The second kappa shape index (κ2) is 4.89. The summed E-state index contributed by atoms with van der Waals surface area (Å²) < 4.78 is 0.649. The Kier molecular flexibility index (Phi) is 3.44. The van der Waals surface area contributed by atoms with Gasteiger partial charge in [0.25, 0.3) is 0 Å². The number of rotatable bonds is 3. The third-order valence-corrected chi connectivity index (χ3v) is 3.13. The minimum Gasteiger partial charge on any atom is -0.478 e. The summed E-state index contributed by atoms with van der Waals surface area (Å²) in [5.41, 5.74) is 1.14. The molecule has 0 aliphatic rings. The van der Waals surface area contributed by atoms with Gasteiger partial charge in [0.2, 0.25) is 0 Å². The van der Waals surface area contributed by atoms with Gasteiger partial charge in [-0.2, -0.15) is 0 Å². The molecule has 19 heavy (non-hydrogen) atoms. The Morgan fingerprint density at radius 3 is 2.00 bits per heavy atom. The molecule has 0 atom stereocenters. The SMILES string of the molecule is Cc1cc(C(=O)O)c(-c2ccc(Br)[nH]2)c(C(=O)O)c1. The number of carboxylic acid groups (broad SMARTS) is 2. The van der Waals surface area contributed by atoms with Crippen LogP contribution in [-0.4, -0.2) is 27.1 Å². The van der Waals surface area contributed by atoms with Gasteiger partial charge in [-0.05, 0) is 52.7 Å². The number of carboxylic acids is 2. The van der Waals surface area contributed by atoms with Crippen molar-refractivity contribution in [3.05, 3.63) is 45.6 Å². The summed E-state index contributed by atoms with van der Waals surface area (Å²) in [6, 6.07) is 6.23. The number of halogens is 1. The maximum Gasteiger partial charge on any atom is 0.336 e. The van der Waals surface area contributed by atoms with Crippen LogP contribution in [0, 0.1) is 6.92 Å². The molecule has 0 saturated heterocycles. The van der Waals surface area contributed by atoms with Crippen LogP contribution in [0.15, 0.2) is 28.9 Å². The summed E-state index contributed by atoms with van der Waals surface area (Å²) >= 11 is 3.22. The number of H-pyrrole nitrogens is 1. The second-order valence-corrected chi connectivity index (χ2v) is 4.92. The predicted molar refractivity (Wildman–Crippen MR) is 72.6 cm³/mol. The fraction of sp³-hybridized carbons (Fsp3) is 0.0769. The van der Waals surface area contributed by atoms with Crippen LogP contribution in [0.25, 0.3) is 11.3 Å². The van der Waals surface area contributed by atoms with E-state index in [1.165, 1.54) is 12.1 Å². The fourth-order valence-corrected chi connectivity index (χ4v) is 2.27. The monoisotopic (exact) mass is 323 g/mol. The molecular weight excluding hydrogens is 314 g/mol. The first kappa shape index (κ1) is 13.4. The summed E-state index contributed by atoms with van der Waals surface area (Å²) in [5.74, 6) is -2.32. The van der Waals surface area contributed by atoms with Crippen LogP contribution >= 0.6 is 15.9 Å². The molecule has 0 saturated carbocycles. The molecule has 0 radical (unpaired) electrons. The first-order valence-corrected chi connectivity index (χ1v) is 6.15. The molecule has 0 unspecified atom stereocenters. The number of carbonyl (C=O) groups is 2. The number of hydrogen-bond acceptors (Lipinski definition) is 2. The van der Waals surface area contributed by atoms with Crippen LogP contribution in [-0.2, 0) is 0 Å². The molecule has 0 aliphatic carbocycles. The third kappa shape index (κ3) is 2.53. The van der Waals surface area contributed by atoms with Gasteiger partial charge in [-0.15, -0.1) is 0 Å². The van der Waals surface area contributed by atoms with E-state index in [1.54, 1.807) is 19.1 Å². The number of nitrogens with one attached hydrogen (secondary N) is 1. The van der Waals surface area contributed by atoms with Crippen LogP contribution in [0.3, 0.4) is 0 Å². The highest BCUT2D eigenvalue weighted by Crippen LogP contribution is 2.30. The Bertz CT molecular complexity index is 640. The average Bonchev–Trinajstić information content (AvgIpc) is 2.74. The molecule has 1 aromatic heterocycles. The zero-order valence-electron chi connectivity index (χ0n) is 9.90. The molecule has 0 fully saturated rings. The summed E-state index contributed by atoms with van der Waals surface area (Å²) in [5, 5.41) is 18.5. The Balaban J connectivity index is 2.81. The van der Waals surface area contributed by atoms with Crippen molar-refractivity contribution in [1.82, 2.24) is 4.98 Å². The highest BCUT2D eigenvalue weighted by molar-refractivity contribution is 9.10.